The Bertz CT molecular complexity index is 1550. The fourth-order valence-electron chi connectivity index (χ4n) is 4.76. The van der Waals surface area contributed by atoms with Crippen LogP contribution in [0.4, 0.5) is 16.0 Å². The zero-order valence-corrected chi connectivity index (χ0v) is 20.4. The highest BCUT2D eigenvalue weighted by atomic mass is 32.2. The summed E-state index contributed by atoms with van der Waals surface area (Å²) in [6, 6.07) is 9.76. The quantitative estimate of drug-likeness (QED) is 0.381. The number of fused-ring (bicyclic) bond motifs is 1. The summed E-state index contributed by atoms with van der Waals surface area (Å²) >= 11 is 0. The molecule has 5 rings (SSSR count). The lowest BCUT2D eigenvalue weighted by Gasteiger charge is -2.25. The van der Waals surface area contributed by atoms with Crippen molar-refractivity contribution in [1.82, 2.24) is 15.1 Å². The molecule has 9 nitrogen and oxygen atoms in total. The maximum atomic E-state index is 15.4. The van der Waals surface area contributed by atoms with Crippen molar-refractivity contribution >= 4 is 32.6 Å². The number of pyridine rings is 1. The first kappa shape index (κ1) is 24.0. The summed E-state index contributed by atoms with van der Waals surface area (Å²) < 4.78 is 54.3. The molecular formula is C25H25FN4O5S. The third-order valence-electron chi connectivity index (χ3n) is 6.56. The van der Waals surface area contributed by atoms with Gasteiger partial charge >= 0.3 is 0 Å². The van der Waals surface area contributed by atoms with Gasteiger partial charge in [0, 0.05) is 17.6 Å². The van der Waals surface area contributed by atoms with Crippen LogP contribution in [-0.4, -0.2) is 30.7 Å². The molecule has 4 aromatic rings. The SMILES string of the molecule is COc1cc(CC2CCCCC2)c(F)cc1N(c1ncon1)S(=O)(=O)c1ccc2[nH]c(=O)ccc2c1. The summed E-state index contributed by atoms with van der Waals surface area (Å²) in [5.41, 5.74) is 0.566. The fraction of sp³-hybridized carbons (Fsp3) is 0.320. The maximum Gasteiger partial charge on any atom is 0.284 e. The Morgan fingerprint density at radius 1 is 1.14 bits per heavy atom. The standard InChI is InChI=1S/C25H25FN4O5S/c1-34-23-13-18(11-16-5-3-2-4-6-16)20(26)14-22(23)30(25-27-15-35-29-25)36(32,33)19-8-9-21-17(12-19)7-10-24(31)28-21/h7-10,12-16H,2-6,11H2,1H3,(H,28,31). The molecule has 36 heavy (non-hydrogen) atoms. The topological polar surface area (TPSA) is 118 Å². The molecule has 0 saturated heterocycles. The van der Waals surface area contributed by atoms with E-state index in [0.717, 1.165) is 42.4 Å². The molecular weight excluding hydrogens is 487 g/mol. The van der Waals surface area contributed by atoms with Crippen LogP contribution < -0.4 is 14.6 Å². The monoisotopic (exact) mass is 512 g/mol. The van der Waals surface area contributed by atoms with Gasteiger partial charge in [-0.1, -0.05) is 32.1 Å². The van der Waals surface area contributed by atoms with Crippen LogP contribution in [0.2, 0.25) is 0 Å². The number of methoxy groups -OCH3 is 1. The molecule has 2 aromatic heterocycles. The van der Waals surface area contributed by atoms with Gasteiger partial charge in [0.05, 0.1) is 12.0 Å². The molecule has 0 bridgehead atoms. The predicted molar refractivity (Wildman–Crippen MR) is 131 cm³/mol. The van der Waals surface area contributed by atoms with Gasteiger partial charge in [-0.15, -0.1) is 0 Å². The van der Waals surface area contributed by atoms with E-state index in [9.17, 15) is 13.2 Å². The van der Waals surface area contributed by atoms with Gasteiger partial charge in [-0.25, -0.2) is 12.8 Å². The van der Waals surface area contributed by atoms with E-state index in [4.69, 9.17) is 9.26 Å². The van der Waals surface area contributed by atoms with E-state index < -0.39 is 15.8 Å². The highest BCUT2D eigenvalue weighted by molar-refractivity contribution is 7.93. The van der Waals surface area contributed by atoms with Crippen LogP contribution in [0.15, 0.2) is 63.1 Å². The molecule has 0 unspecified atom stereocenters. The molecule has 0 spiro atoms. The molecule has 1 aliphatic rings. The van der Waals surface area contributed by atoms with Gasteiger partial charge in [0.1, 0.15) is 17.3 Å². The number of nitrogens with one attached hydrogen (secondary N) is 1. The van der Waals surface area contributed by atoms with Crippen LogP contribution in [0.25, 0.3) is 10.9 Å². The Morgan fingerprint density at radius 2 is 1.94 bits per heavy atom. The van der Waals surface area contributed by atoms with E-state index in [2.05, 4.69) is 15.1 Å². The number of anilines is 2. The molecule has 0 atom stereocenters. The summed E-state index contributed by atoms with van der Waals surface area (Å²) in [4.78, 5) is 18.1. The molecule has 11 heteroatoms. The number of benzene rings is 2. The Hall–Kier alpha value is -3.73. The highest BCUT2D eigenvalue weighted by Crippen LogP contribution is 2.40. The summed E-state index contributed by atoms with van der Waals surface area (Å²) in [6.07, 6.45) is 7.09. The van der Waals surface area contributed by atoms with E-state index >= 15 is 4.39 Å². The molecule has 188 valence electrons. The number of nitrogens with zero attached hydrogens (tertiary/aromatic N) is 3. The molecule has 0 radical (unpaired) electrons. The van der Waals surface area contributed by atoms with Crippen LogP contribution in [-0.2, 0) is 16.4 Å². The summed E-state index contributed by atoms with van der Waals surface area (Å²) in [5.74, 6) is -0.281. The van der Waals surface area contributed by atoms with Crippen molar-refractivity contribution in [2.75, 3.05) is 11.4 Å². The van der Waals surface area contributed by atoms with Gasteiger partial charge < -0.3 is 14.2 Å². The Kier molecular flexibility index (Phi) is 6.48. The average Bonchev–Trinajstić information content (AvgIpc) is 3.40. The zero-order valence-electron chi connectivity index (χ0n) is 19.6. The van der Waals surface area contributed by atoms with Gasteiger partial charge in [0.15, 0.2) is 0 Å². The number of rotatable bonds is 7. The third kappa shape index (κ3) is 4.58. The van der Waals surface area contributed by atoms with Gasteiger partial charge in [-0.2, -0.15) is 9.29 Å². The van der Waals surface area contributed by atoms with Crippen LogP contribution in [0.5, 0.6) is 5.75 Å². The summed E-state index contributed by atoms with van der Waals surface area (Å²) in [5, 5.41) is 4.22. The van der Waals surface area contributed by atoms with E-state index in [1.165, 1.54) is 43.9 Å². The van der Waals surface area contributed by atoms with Crippen molar-refractivity contribution in [2.24, 2.45) is 5.92 Å². The summed E-state index contributed by atoms with van der Waals surface area (Å²) in [6.45, 7) is 0. The Balaban J connectivity index is 1.61. The second-order valence-corrected chi connectivity index (χ2v) is 10.7. The smallest absolute Gasteiger partial charge is 0.284 e. The van der Waals surface area contributed by atoms with Crippen molar-refractivity contribution in [1.29, 1.82) is 0 Å². The lowest BCUT2D eigenvalue weighted by atomic mass is 9.84. The highest BCUT2D eigenvalue weighted by Gasteiger charge is 2.33. The van der Waals surface area contributed by atoms with Crippen LogP contribution >= 0.6 is 0 Å². The lowest BCUT2D eigenvalue weighted by molar-refractivity contribution is 0.352. The molecule has 2 heterocycles. The first-order valence-corrected chi connectivity index (χ1v) is 13.1. The molecule has 0 amide bonds. The van der Waals surface area contributed by atoms with Crippen molar-refractivity contribution in [3.63, 3.8) is 0 Å². The molecule has 1 saturated carbocycles. The van der Waals surface area contributed by atoms with Gasteiger partial charge in [-0.3, -0.25) is 4.79 Å². The molecule has 1 fully saturated rings. The number of aromatic amines is 1. The largest absolute Gasteiger partial charge is 0.495 e. The number of aromatic nitrogens is 3. The first-order valence-electron chi connectivity index (χ1n) is 11.7. The molecule has 1 aliphatic carbocycles. The number of H-pyrrole nitrogens is 1. The van der Waals surface area contributed by atoms with Crippen LogP contribution in [0.3, 0.4) is 0 Å². The van der Waals surface area contributed by atoms with Crippen molar-refractivity contribution in [2.45, 2.75) is 43.4 Å². The number of halogens is 1. The number of sulfonamides is 1. The first-order chi connectivity index (χ1) is 17.4. The second kappa shape index (κ2) is 9.73. The van der Waals surface area contributed by atoms with E-state index in [-0.39, 0.29) is 27.8 Å². The van der Waals surface area contributed by atoms with Gasteiger partial charge in [-0.05, 0) is 58.8 Å². The minimum absolute atomic E-state index is 0.0784. The Labute approximate surface area is 207 Å². The summed E-state index contributed by atoms with van der Waals surface area (Å²) in [7, 11) is -2.96. The van der Waals surface area contributed by atoms with E-state index in [0.29, 0.717) is 28.8 Å². The zero-order chi connectivity index (χ0) is 25.3. The van der Waals surface area contributed by atoms with E-state index in [1.807, 2.05) is 0 Å². The fourth-order valence-corrected chi connectivity index (χ4v) is 6.19. The molecule has 2 aromatic carbocycles. The van der Waals surface area contributed by atoms with Crippen LogP contribution in [0.1, 0.15) is 37.7 Å². The van der Waals surface area contributed by atoms with Crippen molar-refractivity contribution in [3.8, 4) is 5.75 Å². The Morgan fingerprint density at radius 3 is 2.67 bits per heavy atom. The number of hydrogen-bond donors (Lipinski definition) is 1. The van der Waals surface area contributed by atoms with Crippen molar-refractivity contribution in [3.05, 3.63) is 70.6 Å². The minimum atomic E-state index is -4.36. The minimum Gasteiger partial charge on any atom is -0.495 e. The van der Waals surface area contributed by atoms with Gasteiger partial charge in [0.2, 0.25) is 12.0 Å². The second-order valence-electron chi connectivity index (χ2n) is 8.90. The third-order valence-corrected chi connectivity index (χ3v) is 8.26. The number of hydrogen-bond acceptors (Lipinski definition) is 7. The van der Waals surface area contributed by atoms with E-state index in [1.54, 1.807) is 6.07 Å². The predicted octanol–water partition coefficient (Wildman–Crippen LogP) is 4.71. The average molecular weight is 513 g/mol. The maximum absolute atomic E-state index is 15.4. The number of ether oxygens (including phenoxy) is 1. The van der Waals surface area contributed by atoms with Crippen molar-refractivity contribution < 1.29 is 22.1 Å². The van der Waals surface area contributed by atoms with Gasteiger partial charge in [0.25, 0.3) is 16.0 Å². The molecule has 0 aliphatic heterocycles. The van der Waals surface area contributed by atoms with Crippen LogP contribution in [0, 0.1) is 11.7 Å². The molecule has 1 N–H and O–H groups in total. The normalized spacial score (nSPS) is 14.7. The lowest BCUT2D eigenvalue weighted by Crippen LogP contribution is -2.28.